The van der Waals surface area contributed by atoms with Gasteiger partial charge in [0.2, 0.25) is 0 Å². The molecule has 0 spiro atoms. The number of fused-ring (bicyclic) bond motifs is 1. The molecule has 3 rings (SSSR count). The summed E-state index contributed by atoms with van der Waals surface area (Å²) in [5, 5.41) is 3.61. The summed E-state index contributed by atoms with van der Waals surface area (Å²) in [4.78, 5) is 0. The second-order valence-electron chi connectivity index (χ2n) is 5.24. The summed E-state index contributed by atoms with van der Waals surface area (Å²) in [6.07, 6.45) is 7.56. The van der Waals surface area contributed by atoms with Crippen molar-refractivity contribution in [3.63, 3.8) is 0 Å². The van der Waals surface area contributed by atoms with Crippen LogP contribution in [0.1, 0.15) is 44.4 Å². The maximum Gasteiger partial charge on any atom is 0.120 e. The van der Waals surface area contributed by atoms with Crippen molar-refractivity contribution in [2.24, 2.45) is 17.8 Å². The molecule has 2 nitrogen and oxygen atoms in total. The Kier molecular flexibility index (Phi) is 2.76. The third-order valence-corrected chi connectivity index (χ3v) is 4.38. The highest BCUT2D eigenvalue weighted by Gasteiger charge is 2.54. The molecular formula is C14H21NO. The molecule has 88 valence electrons. The average molecular weight is 219 g/mol. The number of hydrogen-bond donors (Lipinski definition) is 1. The molecule has 1 aromatic heterocycles. The van der Waals surface area contributed by atoms with Crippen LogP contribution in [0.25, 0.3) is 0 Å². The van der Waals surface area contributed by atoms with Gasteiger partial charge in [0.15, 0.2) is 0 Å². The standard InChI is InChI=1S/C14H21NO/c1-2-15-14(12-8-5-9-16-12)13-10-6-3-4-7-11(10)13/h5,8-11,13-15H,2-4,6-7H2,1H3. The highest BCUT2D eigenvalue weighted by Crippen LogP contribution is 2.60. The monoisotopic (exact) mass is 219 g/mol. The van der Waals surface area contributed by atoms with Crippen molar-refractivity contribution >= 4 is 0 Å². The van der Waals surface area contributed by atoms with Crippen LogP contribution >= 0.6 is 0 Å². The second kappa shape index (κ2) is 4.25. The summed E-state index contributed by atoms with van der Waals surface area (Å²) >= 11 is 0. The van der Waals surface area contributed by atoms with Gasteiger partial charge in [-0.05, 0) is 49.3 Å². The van der Waals surface area contributed by atoms with Gasteiger partial charge < -0.3 is 9.73 Å². The Hall–Kier alpha value is -0.760. The van der Waals surface area contributed by atoms with Crippen molar-refractivity contribution in [1.29, 1.82) is 0 Å². The van der Waals surface area contributed by atoms with Crippen molar-refractivity contribution < 1.29 is 4.42 Å². The molecule has 3 atom stereocenters. The van der Waals surface area contributed by atoms with Crippen LogP contribution in [0.3, 0.4) is 0 Å². The van der Waals surface area contributed by atoms with E-state index in [-0.39, 0.29) is 0 Å². The summed E-state index contributed by atoms with van der Waals surface area (Å²) in [5.41, 5.74) is 0. The van der Waals surface area contributed by atoms with Crippen LogP contribution < -0.4 is 5.32 Å². The average Bonchev–Trinajstić information content (AvgIpc) is 2.78. The van der Waals surface area contributed by atoms with Gasteiger partial charge in [0.1, 0.15) is 5.76 Å². The smallest absolute Gasteiger partial charge is 0.120 e. The van der Waals surface area contributed by atoms with Crippen LogP contribution in [0.15, 0.2) is 22.8 Å². The molecule has 2 fully saturated rings. The zero-order valence-corrected chi connectivity index (χ0v) is 9.99. The predicted molar refractivity (Wildman–Crippen MR) is 64.1 cm³/mol. The van der Waals surface area contributed by atoms with Gasteiger partial charge >= 0.3 is 0 Å². The molecule has 0 aliphatic heterocycles. The molecule has 16 heavy (non-hydrogen) atoms. The van der Waals surface area contributed by atoms with E-state index in [2.05, 4.69) is 18.3 Å². The molecular weight excluding hydrogens is 198 g/mol. The first-order valence-corrected chi connectivity index (χ1v) is 6.68. The largest absolute Gasteiger partial charge is 0.468 e. The third-order valence-electron chi connectivity index (χ3n) is 4.38. The zero-order valence-electron chi connectivity index (χ0n) is 9.99. The van der Waals surface area contributed by atoms with Crippen LogP contribution in [-0.4, -0.2) is 6.54 Å². The molecule has 2 aliphatic carbocycles. The lowest BCUT2D eigenvalue weighted by Gasteiger charge is -2.15. The lowest BCUT2D eigenvalue weighted by atomic mass is 10.0. The molecule has 3 unspecified atom stereocenters. The van der Waals surface area contributed by atoms with E-state index in [9.17, 15) is 0 Å². The second-order valence-corrected chi connectivity index (χ2v) is 5.24. The molecule has 0 radical (unpaired) electrons. The number of rotatable bonds is 4. The molecule has 0 amide bonds. The predicted octanol–water partition coefficient (Wildman–Crippen LogP) is 3.37. The van der Waals surface area contributed by atoms with E-state index in [1.54, 1.807) is 6.26 Å². The minimum Gasteiger partial charge on any atom is -0.468 e. The molecule has 1 N–H and O–H groups in total. The first-order chi connectivity index (χ1) is 7.92. The summed E-state index contributed by atoms with van der Waals surface area (Å²) in [6.45, 7) is 3.21. The fraction of sp³-hybridized carbons (Fsp3) is 0.714. The zero-order chi connectivity index (χ0) is 11.0. The minimum absolute atomic E-state index is 0.466. The fourth-order valence-electron chi connectivity index (χ4n) is 3.66. The van der Waals surface area contributed by atoms with Gasteiger partial charge in [0.25, 0.3) is 0 Å². The Labute approximate surface area is 97.4 Å². The van der Waals surface area contributed by atoms with E-state index in [0.717, 1.165) is 30.1 Å². The number of hydrogen-bond acceptors (Lipinski definition) is 2. The van der Waals surface area contributed by atoms with Crippen LogP contribution in [0.2, 0.25) is 0 Å². The summed E-state index contributed by atoms with van der Waals surface area (Å²) in [5.74, 6) is 3.93. The molecule has 1 aromatic rings. The minimum atomic E-state index is 0.466. The van der Waals surface area contributed by atoms with Crippen LogP contribution in [0.5, 0.6) is 0 Å². The number of nitrogens with one attached hydrogen (secondary N) is 1. The number of furan rings is 1. The van der Waals surface area contributed by atoms with Crippen molar-refractivity contribution in [2.75, 3.05) is 6.54 Å². The van der Waals surface area contributed by atoms with Crippen LogP contribution in [0.4, 0.5) is 0 Å². The molecule has 0 aromatic carbocycles. The SMILES string of the molecule is CCNC(c1ccco1)C1C2CCCCC21. The third kappa shape index (κ3) is 1.69. The Bertz CT molecular complexity index is 321. The van der Waals surface area contributed by atoms with Crippen LogP contribution in [0, 0.1) is 17.8 Å². The maximum atomic E-state index is 5.59. The molecule has 0 bridgehead atoms. The highest BCUT2D eigenvalue weighted by molar-refractivity contribution is 5.14. The first-order valence-electron chi connectivity index (χ1n) is 6.68. The molecule has 2 saturated carbocycles. The van der Waals surface area contributed by atoms with Gasteiger partial charge in [-0.1, -0.05) is 19.8 Å². The first kappa shape index (κ1) is 10.4. The Morgan fingerprint density at radius 3 is 2.69 bits per heavy atom. The Morgan fingerprint density at radius 2 is 2.12 bits per heavy atom. The van der Waals surface area contributed by atoms with Crippen molar-refractivity contribution in [3.05, 3.63) is 24.2 Å². The summed E-state index contributed by atoms with van der Waals surface area (Å²) in [6, 6.07) is 4.59. The Balaban J connectivity index is 1.74. The van der Waals surface area contributed by atoms with Crippen LogP contribution in [-0.2, 0) is 0 Å². The van der Waals surface area contributed by atoms with Gasteiger partial charge in [0.05, 0.1) is 12.3 Å². The van der Waals surface area contributed by atoms with E-state index in [0.29, 0.717) is 6.04 Å². The van der Waals surface area contributed by atoms with Crippen molar-refractivity contribution in [2.45, 2.75) is 38.6 Å². The van der Waals surface area contributed by atoms with Gasteiger partial charge in [-0.25, -0.2) is 0 Å². The molecule has 2 heteroatoms. The van der Waals surface area contributed by atoms with E-state index < -0.39 is 0 Å². The van der Waals surface area contributed by atoms with Gasteiger partial charge in [0, 0.05) is 0 Å². The van der Waals surface area contributed by atoms with E-state index in [4.69, 9.17) is 4.42 Å². The lowest BCUT2D eigenvalue weighted by molar-refractivity contribution is 0.369. The van der Waals surface area contributed by atoms with Crippen molar-refractivity contribution in [3.8, 4) is 0 Å². The van der Waals surface area contributed by atoms with E-state index >= 15 is 0 Å². The van der Waals surface area contributed by atoms with Crippen molar-refractivity contribution in [1.82, 2.24) is 5.32 Å². The topological polar surface area (TPSA) is 25.2 Å². The fourth-order valence-corrected chi connectivity index (χ4v) is 3.66. The molecule has 2 aliphatic rings. The normalized spacial score (nSPS) is 34.4. The van der Waals surface area contributed by atoms with E-state index in [1.165, 1.54) is 25.7 Å². The van der Waals surface area contributed by atoms with Gasteiger partial charge in [-0.2, -0.15) is 0 Å². The summed E-state index contributed by atoms with van der Waals surface area (Å²) in [7, 11) is 0. The lowest BCUT2D eigenvalue weighted by Crippen LogP contribution is -2.23. The van der Waals surface area contributed by atoms with Gasteiger partial charge in [-0.15, -0.1) is 0 Å². The molecule has 0 saturated heterocycles. The highest BCUT2D eigenvalue weighted by atomic mass is 16.3. The van der Waals surface area contributed by atoms with E-state index in [1.807, 2.05) is 6.07 Å². The van der Waals surface area contributed by atoms with Gasteiger partial charge in [-0.3, -0.25) is 0 Å². The summed E-state index contributed by atoms with van der Waals surface area (Å²) < 4.78 is 5.59. The Morgan fingerprint density at radius 1 is 1.38 bits per heavy atom. The molecule has 1 heterocycles. The quantitative estimate of drug-likeness (QED) is 0.840. The maximum absolute atomic E-state index is 5.59.